The fourth-order valence-electron chi connectivity index (χ4n) is 1.82. The lowest BCUT2D eigenvalue weighted by atomic mass is 10.1. The van der Waals surface area contributed by atoms with Crippen LogP contribution < -0.4 is 4.74 Å². The van der Waals surface area contributed by atoms with Crippen LogP contribution in [-0.4, -0.2) is 16.2 Å². The molecule has 0 amide bonds. The molecule has 1 atom stereocenters. The molecule has 0 aliphatic heterocycles. The number of carboxylic acid groups (broad SMARTS) is 1. The van der Waals surface area contributed by atoms with E-state index in [1.165, 1.54) is 0 Å². The molecule has 0 aliphatic carbocycles. The van der Waals surface area contributed by atoms with E-state index in [-0.39, 0.29) is 0 Å². The monoisotopic (exact) mass is 272 g/mol. The van der Waals surface area contributed by atoms with Crippen molar-refractivity contribution in [3.63, 3.8) is 0 Å². The minimum absolute atomic E-state index is 0.311. The molecule has 0 aliphatic rings. The van der Waals surface area contributed by atoms with Crippen LogP contribution in [0.3, 0.4) is 0 Å². The van der Waals surface area contributed by atoms with Crippen LogP contribution in [0.5, 0.6) is 5.75 Å². The third kappa shape index (κ3) is 3.36. The molecule has 2 aromatic carbocycles. The Bertz CT molecular complexity index is 593. The van der Waals surface area contributed by atoms with Gasteiger partial charge in [0.15, 0.2) is 6.10 Å². The fraction of sp³-hybridized carbons (Fsp3) is 0.188. The lowest BCUT2D eigenvalue weighted by Gasteiger charge is -2.12. The second kappa shape index (κ2) is 6.21. The summed E-state index contributed by atoms with van der Waals surface area (Å²) in [7, 11) is 0. The number of benzene rings is 2. The van der Waals surface area contributed by atoms with E-state index in [9.17, 15) is 9.90 Å². The van der Waals surface area contributed by atoms with Crippen molar-refractivity contribution in [2.45, 2.75) is 19.6 Å². The van der Waals surface area contributed by atoms with Crippen LogP contribution in [0.1, 0.15) is 22.8 Å². The van der Waals surface area contributed by atoms with E-state index in [2.05, 4.69) is 0 Å². The van der Waals surface area contributed by atoms with Gasteiger partial charge in [-0.3, -0.25) is 0 Å². The quantitative estimate of drug-likeness (QED) is 0.878. The number of aliphatic hydroxyl groups is 1. The van der Waals surface area contributed by atoms with Crippen LogP contribution in [0.15, 0.2) is 48.5 Å². The van der Waals surface area contributed by atoms with Gasteiger partial charge < -0.3 is 14.9 Å². The first-order valence-corrected chi connectivity index (χ1v) is 6.26. The number of hydrogen-bond donors (Lipinski definition) is 2. The molecule has 0 bridgehead atoms. The maximum absolute atomic E-state index is 10.8. The van der Waals surface area contributed by atoms with Gasteiger partial charge in [0.1, 0.15) is 12.4 Å². The summed E-state index contributed by atoms with van der Waals surface area (Å²) in [6.45, 7) is 2.27. The zero-order valence-corrected chi connectivity index (χ0v) is 11.1. The Morgan fingerprint density at radius 2 is 1.90 bits per heavy atom. The number of carbonyl (C=O) groups is 1. The van der Waals surface area contributed by atoms with Gasteiger partial charge >= 0.3 is 5.97 Å². The summed E-state index contributed by atoms with van der Waals surface area (Å²) in [4.78, 5) is 10.8. The van der Waals surface area contributed by atoms with Crippen molar-refractivity contribution in [3.05, 3.63) is 65.2 Å². The molecule has 104 valence electrons. The number of ether oxygens (including phenoxy) is 1. The van der Waals surface area contributed by atoms with E-state index in [4.69, 9.17) is 9.84 Å². The molecule has 4 nitrogen and oxygen atoms in total. The van der Waals surface area contributed by atoms with E-state index >= 15 is 0 Å². The molecule has 1 unspecified atom stereocenters. The number of carboxylic acids is 1. The van der Waals surface area contributed by atoms with Gasteiger partial charge in [0.25, 0.3) is 0 Å². The molecule has 0 spiro atoms. The summed E-state index contributed by atoms with van der Waals surface area (Å²) >= 11 is 0. The minimum Gasteiger partial charge on any atom is -0.489 e. The van der Waals surface area contributed by atoms with Crippen molar-refractivity contribution in [3.8, 4) is 5.75 Å². The first-order chi connectivity index (χ1) is 9.58. The van der Waals surface area contributed by atoms with E-state index < -0.39 is 12.1 Å². The Balaban J connectivity index is 2.15. The van der Waals surface area contributed by atoms with Crippen LogP contribution in [0.25, 0.3) is 0 Å². The SMILES string of the molecule is Cc1ccc(C(O)C(=O)O)cc1OCc1ccccc1. The first kappa shape index (κ1) is 14.1. The highest BCUT2D eigenvalue weighted by molar-refractivity contribution is 5.74. The predicted molar refractivity (Wildman–Crippen MR) is 74.5 cm³/mol. The van der Waals surface area contributed by atoms with Crippen LogP contribution in [0, 0.1) is 6.92 Å². The molecule has 2 rings (SSSR count). The van der Waals surface area contributed by atoms with E-state index in [0.29, 0.717) is 17.9 Å². The van der Waals surface area contributed by atoms with Gasteiger partial charge in [-0.2, -0.15) is 0 Å². The van der Waals surface area contributed by atoms with E-state index in [1.807, 2.05) is 37.3 Å². The van der Waals surface area contributed by atoms with Gasteiger partial charge in [-0.05, 0) is 29.7 Å². The number of rotatable bonds is 5. The minimum atomic E-state index is -1.53. The zero-order valence-electron chi connectivity index (χ0n) is 11.1. The van der Waals surface area contributed by atoms with Crippen LogP contribution in [0.4, 0.5) is 0 Å². The van der Waals surface area contributed by atoms with Crippen LogP contribution in [-0.2, 0) is 11.4 Å². The summed E-state index contributed by atoms with van der Waals surface area (Å²) < 4.78 is 5.69. The van der Waals surface area contributed by atoms with Crippen molar-refractivity contribution in [2.75, 3.05) is 0 Å². The average molecular weight is 272 g/mol. The molecule has 0 radical (unpaired) electrons. The third-order valence-corrected chi connectivity index (χ3v) is 3.00. The number of aryl methyl sites for hydroxylation is 1. The van der Waals surface area contributed by atoms with Crippen molar-refractivity contribution in [1.82, 2.24) is 0 Å². The first-order valence-electron chi connectivity index (χ1n) is 6.26. The molecular formula is C16H16O4. The number of aliphatic hydroxyl groups excluding tert-OH is 1. The highest BCUT2D eigenvalue weighted by atomic mass is 16.5. The summed E-state index contributed by atoms with van der Waals surface area (Å²) in [5.41, 5.74) is 2.23. The second-order valence-electron chi connectivity index (χ2n) is 4.54. The molecule has 0 aromatic heterocycles. The lowest BCUT2D eigenvalue weighted by Crippen LogP contribution is -2.10. The molecule has 0 saturated carbocycles. The highest BCUT2D eigenvalue weighted by Crippen LogP contribution is 2.24. The van der Waals surface area contributed by atoms with E-state index in [0.717, 1.165) is 11.1 Å². The number of aliphatic carboxylic acids is 1. The van der Waals surface area contributed by atoms with Crippen LogP contribution in [0.2, 0.25) is 0 Å². The smallest absolute Gasteiger partial charge is 0.337 e. The highest BCUT2D eigenvalue weighted by Gasteiger charge is 2.17. The topological polar surface area (TPSA) is 66.8 Å². The van der Waals surface area contributed by atoms with Crippen molar-refractivity contribution < 1.29 is 19.7 Å². The molecule has 2 aromatic rings. The Labute approximate surface area is 117 Å². The molecule has 2 N–H and O–H groups in total. The molecule has 0 saturated heterocycles. The molecule has 0 fully saturated rings. The van der Waals surface area contributed by atoms with Gasteiger partial charge in [0.05, 0.1) is 0 Å². The predicted octanol–water partition coefficient (Wildman–Crippen LogP) is 2.69. The van der Waals surface area contributed by atoms with Crippen molar-refractivity contribution >= 4 is 5.97 Å². The van der Waals surface area contributed by atoms with Gasteiger partial charge in [0, 0.05) is 0 Å². The fourth-order valence-corrected chi connectivity index (χ4v) is 1.82. The van der Waals surface area contributed by atoms with Crippen molar-refractivity contribution in [2.24, 2.45) is 0 Å². The van der Waals surface area contributed by atoms with Gasteiger partial charge in [-0.25, -0.2) is 4.79 Å². The lowest BCUT2D eigenvalue weighted by molar-refractivity contribution is -0.146. The van der Waals surface area contributed by atoms with Gasteiger partial charge in [-0.15, -0.1) is 0 Å². The Kier molecular flexibility index (Phi) is 4.38. The van der Waals surface area contributed by atoms with Crippen molar-refractivity contribution in [1.29, 1.82) is 0 Å². The van der Waals surface area contributed by atoms with Gasteiger partial charge in [0.2, 0.25) is 0 Å². The summed E-state index contributed by atoms with van der Waals surface area (Å²) in [6, 6.07) is 14.6. The summed E-state index contributed by atoms with van der Waals surface area (Å²) in [5.74, 6) is -0.700. The molecular weight excluding hydrogens is 256 g/mol. The Morgan fingerprint density at radius 1 is 1.20 bits per heavy atom. The largest absolute Gasteiger partial charge is 0.489 e. The average Bonchev–Trinajstić information content (AvgIpc) is 2.46. The summed E-state index contributed by atoms with van der Waals surface area (Å²) in [5, 5.41) is 18.4. The molecule has 20 heavy (non-hydrogen) atoms. The number of hydrogen-bond acceptors (Lipinski definition) is 3. The van der Waals surface area contributed by atoms with Gasteiger partial charge in [-0.1, -0.05) is 42.5 Å². The second-order valence-corrected chi connectivity index (χ2v) is 4.54. The zero-order chi connectivity index (χ0) is 14.5. The normalized spacial score (nSPS) is 11.9. The maximum atomic E-state index is 10.8. The third-order valence-electron chi connectivity index (χ3n) is 3.00. The Morgan fingerprint density at radius 3 is 2.55 bits per heavy atom. The standard InChI is InChI=1S/C16H16O4/c1-11-7-8-13(15(17)16(18)19)9-14(11)20-10-12-5-3-2-4-6-12/h2-9,15,17H,10H2,1H3,(H,18,19). The maximum Gasteiger partial charge on any atom is 0.337 e. The van der Waals surface area contributed by atoms with Crippen LogP contribution >= 0.6 is 0 Å². The van der Waals surface area contributed by atoms with E-state index in [1.54, 1.807) is 18.2 Å². The molecule has 4 heteroatoms. The molecule has 0 heterocycles. The summed E-state index contributed by atoms with van der Waals surface area (Å²) in [6.07, 6.45) is -1.53. The Hall–Kier alpha value is -2.33.